The highest BCUT2D eigenvalue weighted by atomic mass is 79.9. The third kappa shape index (κ3) is 3.05. The van der Waals surface area contributed by atoms with Crippen molar-refractivity contribution >= 4 is 43.2 Å². The Kier molecular flexibility index (Phi) is 5.01. The molecule has 0 aliphatic rings. The molecular formula is C14H15Br2NS. The van der Waals surface area contributed by atoms with Gasteiger partial charge in [-0.25, -0.2) is 0 Å². The highest BCUT2D eigenvalue weighted by Gasteiger charge is 2.17. The van der Waals surface area contributed by atoms with E-state index in [0.29, 0.717) is 0 Å². The summed E-state index contributed by atoms with van der Waals surface area (Å²) < 4.78 is 2.32. The van der Waals surface area contributed by atoms with Gasteiger partial charge < -0.3 is 5.32 Å². The van der Waals surface area contributed by atoms with Crippen LogP contribution in [0.25, 0.3) is 0 Å². The lowest BCUT2D eigenvalue weighted by Crippen LogP contribution is -2.17. The minimum absolute atomic E-state index is 0.229. The molecule has 1 atom stereocenters. The number of hydrogen-bond donors (Lipinski definition) is 1. The first-order valence-electron chi connectivity index (χ1n) is 5.86. The van der Waals surface area contributed by atoms with Gasteiger partial charge in [0.1, 0.15) is 0 Å². The molecule has 18 heavy (non-hydrogen) atoms. The standard InChI is InChI=1S/C14H15Br2NS/c1-3-9-4-6-10(7-5-9)13(17-2)11-8-12(15)18-14(11)16/h4-8,13,17H,3H2,1-2H3. The number of rotatable bonds is 4. The van der Waals surface area contributed by atoms with E-state index in [1.807, 2.05) is 7.05 Å². The zero-order chi connectivity index (χ0) is 13.1. The first-order chi connectivity index (χ1) is 8.65. The van der Waals surface area contributed by atoms with E-state index in [4.69, 9.17) is 0 Å². The van der Waals surface area contributed by atoms with Crippen LogP contribution in [0.3, 0.4) is 0 Å². The molecule has 2 rings (SSSR count). The fourth-order valence-electron chi connectivity index (χ4n) is 2.00. The van der Waals surface area contributed by atoms with E-state index in [9.17, 15) is 0 Å². The van der Waals surface area contributed by atoms with Gasteiger partial charge in [-0.2, -0.15) is 0 Å². The molecule has 1 heterocycles. The summed E-state index contributed by atoms with van der Waals surface area (Å²) in [6.07, 6.45) is 1.08. The van der Waals surface area contributed by atoms with Gasteiger partial charge in [-0.15, -0.1) is 11.3 Å². The minimum atomic E-state index is 0.229. The Balaban J connectivity index is 2.35. The van der Waals surface area contributed by atoms with Crippen LogP contribution < -0.4 is 5.32 Å². The van der Waals surface area contributed by atoms with Gasteiger partial charge in [0, 0.05) is 0 Å². The summed E-state index contributed by atoms with van der Waals surface area (Å²) in [5.41, 5.74) is 3.94. The number of nitrogens with one attached hydrogen (secondary N) is 1. The second-order valence-corrected chi connectivity index (χ2v) is 7.85. The van der Waals surface area contributed by atoms with Gasteiger partial charge in [0.25, 0.3) is 0 Å². The fourth-order valence-corrected chi connectivity index (χ4v) is 4.90. The maximum absolute atomic E-state index is 3.63. The van der Waals surface area contributed by atoms with E-state index in [0.717, 1.165) is 10.2 Å². The predicted molar refractivity (Wildman–Crippen MR) is 86.4 cm³/mol. The molecule has 0 amide bonds. The normalized spacial score (nSPS) is 12.7. The number of halogens is 2. The Morgan fingerprint density at radius 3 is 2.33 bits per heavy atom. The number of hydrogen-bond acceptors (Lipinski definition) is 2. The maximum Gasteiger partial charge on any atom is 0.0761 e. The smallest absolute Gasteiger partial charge is 0.0761 e. The molecule has 1 aromatic carbocycles. The number of benzene rings is 1. The van der Waals surface area contributed by atoms with Gasteiger partial charge in [-0.05, 0) is 68.1 Å². The second-order valence-electron chi connectivity index (χ2n) is 4.10. The van der Waals surface area contributed by atoms with Gasteiger partial charge in [0.15, 0.2) is 0 Å². The molecule has 0 fully saturated rings. The summed E-state index contributed by atoms with van der Waals surface area (Å²) in [5, 5.41) is 3.38. The summed E-state index contributed by atoms with van der Waals surface area (Å²) in [6.45, 7) is 2.18. The Morgan fingerprint density at radius 2 is 1.89 bits per heavy atom. The van der Waals surface area contributed by atoms with E-state index in [1.54, 1.807) is 11.3 Å². The van der Waals surface area contributed by atoms with Crippen LogP contribution in [0.1, 0.15) is 29.7 Å². The molecule has 0 aliphatic carbocycles. The van der Waals surface area contributed by atoms with Gasteiger partial charge in [-0.3, -0.25) is 0 Å². The lowest BCUT2D eigenvalue weighted by Gasteiger charge is -2.16. The third-order valence-corrected chi connectivity index (χ3v) is 5.39. The maximum atomic E-state index is 3.63. The van der Waals surface area contributed by atoms with E-state index < -0.39 is 0 Å². The van der Waals surface area contributed by atoms with E-state index in [-0.39, 0.29) is 6.04 Å². The Bertz CT molecular complexity index is 519. The molecule has 0 radical (unpaired) electrons. The second kappa shape index (κ2) is 6.33. The highest BCUT2D eigenvalue weighted by molar-refractivity contribution is 9.12. The van der Waals surface area contributed by atoms with Crippen molar-refractivity contribution in [3.63, 3.8) is 0 Å². The molecule has 0 saturated carbocycles. The van der Waals surface area contributed by atoms with Crippen molar-refractivity contribution in [3.05, 3.63) is 54.6 Å². The monoisotopic (exact) mass is 387 g/mol. The third-order valence-electron chi connectivity index (χ3n) is 3.00. The van der Waals surface area contributed by atoms with E-state index >= 15 is 0 Å². The molecule has 4 heteroatoms. The molecule has 0 spiro atoms. The first kappa shape index (κ1) is 14.3. The van der Waals surface area contributed by atoms with Crippen LogP contribution in [-0.4, -0.2) is 7.05 Å². The minimum Gasteiger partial charge on any atom is -0.309 e. The summed E-state index contributed by atoms with van der Waals surface area (Å²) in [7, 11) is 2.00. The van der Waals surface area contributed by atoms with Crippen molar-refractivity contribution in [2.24, 2.45) is 0 Å². The highest BCUT2D eigenvalue weighted by Crippen LogP contribution is 2.37. The Hall–Kier alpha value is -0.160. The van der Waals surface area contributed by atoms with Gasteiger partial charge in [-0.1, -0.05) is 31.2 Å². The Morgan fingerprint density at radius 1 is 1.22 bits per heavy atom. The van der Waals surface area contributed by atoms with Crippen molar-refractivity contribution in [2.75, 3.05) is 7.05 Å². The largest absolute Gasteiger partial charge is 0.309 e. The molecule has 1 unspecified atom stereocenters. The van der Waals surface area contributed by atoms with E-state index in [1.165, 1.54) is 20.5 Å². The first-order valence-corrected chi connectivity index (χ1v) is 8.26. The molecule has 1 N–H and O–H groups in total. The van der Waals surface area contributed by atoms with Crippen LogP contribution in [-0.2, 0) is 6.42 Å². The topological polar surface area (TPSA) is 12.0 Å². The molecule has 0 aliphatic heterocycles. The SMILES string of the molecule is CCc1ccc(C(NC)c2cc(Br)sc2Br)cc1. The molecule has 1 aromatic heterocycles. The van der Waals surface area contributed by atoms with E-state index in [2.05, 4.69) is 74.4 Å². The number of thiophene rings is 1. The quantitative estimate of drug-likeness (QED) is 0.764. The van der Waals surface area contributed by atoms with Crippen LogP contribution >= 0.6 is 43.2 Å². The van der Waals surface area contributed by atoms with Gasteiger partial charge in [0.2, 0.25) is 0 Å². The van der Waals surface area contributed by atoms with Crippen LogP contribution in [0.15, 0.2) is 37.9 Å². The van der Waals surface area contributed by atoms with Gasteiger partial charge >= 0.3 is 0 Å². The molecule has 2 aromatic rings. The van der Waals surface area contributed by atoms with Crippen molar-refractivity contribution in [1.29, 1.82) is 0 Å². The van der Waals surface area contributed by atoms with Crippen molar-refractivity contribution in [3.8, 4) is 0 Å². The zero-order valence-corrected chi connectivity index (χ0v) is 14.3. The average molecular weight is 389 g/mol. The van der Waals surface area contributed by atoms with Crippen LogP contribution in [0.2, 0.25) is 0 Å². The summed E-state index contributed by atoms with van der Waals surface area (Å²) in [6, 6.07) is 11.2. The zero-order valence-electron chi connectivity index (χ0n) is 10.3. The molecule has 0 saturated heterocycles. The lowest BCUT2D eigenvalue weighted by molar-refractivity contribution is 0.691. The van der Waals surface area contributed by atoms with Crippen molar-refractivity contribution in [1.82, 2.24) is 5.32 Å². The molecular weight excluding hydrogens is 374 g/mol. The fraction of sp³-hybridized carbons (Fsp3) is 0.286. The number of aryl methyl sites for hydroxylation is 1. The predicted octanol–water partition coefficient (Wildman–Crippen LogP) is 5.14. The lowest BCUT2D eigenvalue weighted by atomic mass is 10.00. The molecule has 0 bridgehead atoms. The summed E-state index contributed by atoms with van der Waals surface area (Å²) in [5.74, 6) is 0. The Labute approximate surface area is 129 Å². The van der Waals surface area contributed by atoms with Crippen molar-refractivity contribution < 1.29 is 0 Å². The van der Waals surface area contributed by atoms with Crippen LogP contribution in [0.5, 0.6) is 0 Å². The summed E-state index contributed by atoms with van der Waals surface area (Å²) >= 11 is 8.88. The van der Waals surface area contributed by atoms with Crippen LogP contribution in [0.4, 0.5) is 0 Å². The van der Waals surface area contributed by atoms with Gasteiger partial charge in [0.05, 0.1) is 13.6 Å². The van der Waals surface area contributed by atoms with Crippen LogP contribution in [0, 0.1) is 0 Å². The van der Waals surface area contributed by atoms with Crippen molar-refractivity contribution in [2.45, 2.75) is 19.4 Å². The molecule has 96 valence electrons. The average Bonchev–Trinajstić information content (AvgIpc) is 2.70. The molecule has 1 nitrogen and oxygen atoms in total. The summed E-state index contributed by atoms with van der Waals surface area (Å²) in [4.78, 5) is 0.